The van der Waals surface area contributed by atoms with Crippen LogP contribution in [0.4, 0.5) is 5.69 Å². The van der Waals surface area contributed by atoms with E-state index >= 15 is 0 Å². The fourth-order valence-corrected chi connectivity index (χ4v) is 2.64. The van der Waals surface area contributed by atoms with Crippen LogP contribution in [-0.4, -0.2) is 46.6 Å². The lowest BCUT2D eigenvalue weighted by molar-refractivity contribution is -0.118. The van der Waals surface area contributed by atoms with Crippen LogP contribution in [0.2, 0.25) is 0 Å². The summed E-state index contributed by atoms with van der Waals surface area (Å²) in [5.74, 6) is -0.190. The molecule has 2 rings (SSSR count). The monoisotopic (exact) mass is 379 g/mol. The van der Waals surface area contributed by atoms with Gasteiger partial charge in [-0.05, 0) is 45.2 Å². The van der Waals surface area contributed by atoms with Gasteiger partial charge in [0.25, 0.3) is 5.91 Å². The molecule has 2 amide bonds. The molecule has 0 saturated carbocycles. The summed E-state index contributed by atoms with van der Waals surface area (Å²) in [6.07, 6.45) is 3.46. The summed E-state index contributed by atoms with van der Waals surface area (Å²) in [5, 5.41) is 9.94. The van der Waals surface area contributed by atoms with Crippen LogP contribution in [0.5, 0.6) is 0 Å². The van der Waals surface area contributed by atoms with Gasteiger partial charge in [0, 0.05) is 43.1 Å². The Bertz CT molecular complexity index is 725. The zero-order valence-corrected chi connectivity index (χ0v) is 16.3. The lowest BCUT2D eigenvalue weighted by Gasteiger charge is -2.19. The number of halogens is 1. The van der Waals surface area contributed by atoms with Crippen molar-refractivity contribution in [1.82, 2.24) is 20.0 Å². The van der Waals surface area contributed by atoms with Gasteiger partial charge in [0.2, 0.25) is 5.91 Å². The van der Waals surface area contributed by atoms with E-state index in [4.69, 9.17) is 0 Å². The van der Waals surface area contributed by atoms with Gasteiger partial charge < -0.3 is 15.5 Å². The van der Waals surface area contributed by atoms with E-state index in [0.29, 0.717) is 24.3 Å². The number of amides is 2. The van der Waals surface area contributed by atoms with Crippen LogP contribution in [0, 0.1) is 0 Å². The fourth-order valence-electron chi connectivity index (χ4n) is 2.64. The molecular formula is C18H26ClN5O2. The highest BCUT2D eigenvalue weighted by Crippen LogP contribution is 2.16. The maximum absolute atomic E-state index is 12.5. The van der Waals surface area contributed by atoms with E-state index in [-0.39, 0.29) is 24.2 Å². The number of aromatic nitrogens is 2. The summed E-state index contributed by atoms with van der Waals surface area (Å²) in [4.78, 5) is 26.5. The number of rotatable bonds is 7. The normalized spacial score (nSPS) is 11.4. The smallest absolute Gasteiger partial charge is 0.253 e. The molecule has 1 aromatic heterocycles. The molecule has 1 heterocycles. The maximum Gasteiger partial charge on any atom is 0.253 e. The number of benzene rings is 1. The number of anilines is 1. The predicted molar refractivity (Wildman–Crippen MR) is 105 cm³/mol. The summed E-state index contributed by atoms with van der Waals surface area (Å²) < 4.78 is 1.65. The third kappa shape index (κ3) is 5.06. The van der Waals surface area contributed by atoms with E-state index in [1.807, 2.05) is 13.8 Å². The summed E-state index contributed by atoms with van der Waals surface area (Å²) in [5.41, 5.74) is 2.04. The minimum atomic E-state index is -0.495. The first kappa shape index (κ1) is 21.7. The standard InChI is InChI=1S/C18H25N5O2.ClH/c1-5-23(6-2)18(25)13-7-9-15(10-8-13)21-17(24)16(19-3)14-11-20-22(4)12-14;/h7-12,16,19H,5-6H2,1-4H3,(H,21,24);1H. The molecule has 1 atom stereocenters. The Morgan fingerprint density at radius 1 is 1.19 bits per heavy atom. The van der Waals surface area contributed by atoms with Crippen molar-refractivity contribution >= 4 is 29.9 Å². The van der Waals surface area contributed by atoms with Crippen molar-refractivity contribution < 1.29 is 9.59 Å². The van der Waals surface area contributed by atoms with Crippen LogP contribution in [0.3, 0.4) is 0 Å². The largest absolute Gasteiger partial charge is 0.339 e. The number of hydrogen-bond donors (Lipinski definition) is 2. The van der Waals surface area contributed by atoms with Gasteiger partial charge in [-0.3, -0.25) is 14.3 Å². The van der Waals surface area contributed by atoms with E-state index in [9.17, 15) is 9.59 Å². The first-order valence-corrected chi connectivity index (χ1v) is 8.36. The molecule has 1 unspecified atom stereocenters. The van der Waals surface area contributed by atoms with Crippen molar-refractivity contribution in [3.05, 3.63) is 47.8 Å². The molecule has 0 fully saturated rings. The van der Waals surface area contributed by atoms with Gasteiger partial charge in [-0.1, -0.05) is 0 Å². The lowest BCUT2D eigenvalue weighted by atomic mass is 10.1. The van der Waals surface area contributed by atoms with Crippen molar-refractivity contribution in [2.45, 2.75) is 19.9 Å². The maximum atomic E-state index is 12.5. The molecule has 0 saturated heterocycles. The quantitative estimate of drug-likeness (QED) is 0.773. The van der Waals surface area contributed by atoms with E-state index in [1.165, 1.54) is 0 Å². The Morgan fingerprint density at radius 3 is 2.27 bits per heavy atom. The van der Waals surface area contributed by atoms with Crippen molar-refractivity contribution in [3.63, 3.8) is 0 Å². The van der Waals surface area contributed by atoms with Crippen LogP contribution in [-0.2, 0) is 11.8 Å². The number of aryl methyl sites for hydroxylation is 1. The SMILES string of the molecule is CCN(CC)C(=O)c1ccc(NC(=O)C(NC)c2cnn(C)c2)cc1.Cl. The van der Waals surface area contributed by atoms with Crippen molar-refractivity contribution in [3.8, 4) is 0 Å². The molecule has 0 radical (unpaired) electrons. The number of nitrogens with zero attached hydrogens (tertiary/aromatic N) is 3. The Balaban J connectivity index is 0.00000338. The van der Waals surface area contributed by atoms with Gasteiger partial charge in [-0.15, -0.1) is 12.4 Å². The van der Waals surface area contributed by atoms with Crippen molar-refractivity contribution in [2.24, 2.45) is 7.05 Å². The lowest BCUT2D eigenvalue weighted by Crippen LogP contribution is -2.31. The highest BCUT2D eigenvalue weighted by Gasteiger charge is 2.20. The molecule has 0 spiro atoms. The molecule has 0 bridgehead atoms. The van der Waals surface area contributed by atoms with Gasteiger partial charge in [0.15, 0.2) is 0 Å². The first-order chi connectivity index (χ1) is 12.0. The van der Waals surface area contributed by atoms with Crippen LogP contribution >= 0.6 is 12.4 Å². The third-order valence-corrected chi connectivity index (χ3v) is 4.06. The fraction of sp³-hybridized carbons (Fsp3) is 0.389. The predicted octanol–water partition coefficient (Wildman–Crippen LogP) is 2.22. The van der Waals surface area contributed by atoms with Gasteiger partial charge >= 0.3 is 0 Å². The molecule has 0 aliphatic rings. The number of likely N-dealkylation sites (N-methyl/N-ethyl adjacent to an activating group) is 1. The molecule has 0 aliphatic heterocycles. The molecule has 26 heavy (non-hydrogen) atoms. The second-order valence-electron chi connectivity index (χ2n) is 5.71. The Hall–Kier alpha value is -2.38. The average molecular weight is 380 g/mol. The minimum absolute atomic E-state index is 0. The molecule has 142 valence electrons. The van der Waals surface area contributed by atoms with E-state index in [1.54, 1.807) is 60.3 Å². The van der Waals surface area contributed by atoms with Gasteiger partial charge in [0.05, 0.1) is 6.20 Å². The van der Waals surface area contributed by atoms with Gasteiger partial charge in [-0.2, -0.15) is 5.10 Å². The molecule has 1 aromatic carbocycles. The summed E-state index contributed by atoms with van der Waals surface area (Å²) in [7, 11) is 3.53. The molecular weight excluding hydrogens is 354 g/mol. The van der Waals surface area contributed by atoms with Crippen molar-refractivity contribution in [1.29, 1.82) is 0 Å². The van der Waals surface area contributed by atoms with Crippen LogP contribution in [0.25, 0.3) is 0 Å². The summed E-state index contributed by atoms with van der Waals surface area (Å²) in [6.45, 7) is 5.24. The highest BCUT2D eigenvalue weighted by molar-refractivity contribution is 5.97. The Morgan fingerprint density at radius 2 is 1.81 bits per heavy atom. The van der Waals surface area contributed by atoms with E-state index in [0.717, 1.165) is 5.56 Å². The summed E-state index contributed by atoms with van der Waals surface area (Å²) >= 11 is 0. The second kappa shape index (κ2) is 9.94. The van der Waals surface area contributed by atoms with Crippen molar-refractivity contribution in [2.75, 3.05) is 25.5 Å². The minimum Gasteiger partial charge on any atom is -0.339 e. The number of hydrogen-bond acceptors (Lipinski definition) is 4. The molecule has 0 aliphatic carbocycles. The molecule has 7 nitrogen and oxygen atoms in total. The number of carbonyl (C=O) groups is 2. The van der Waals surface area contributed by atoms with Gasteiger partial charge in [0.1, 0.15) is 6.04 Å². The third-order valence-electron chi connectivity index (χ3n) is 4.06. The Kier molecular flexibility index (Phi) is 8.28. The zero-order chi connectivity index (χ0) is 18.4. The zero-order valence-electron chi connectivity index (χ0n) is 15.5. The van der Waals surface area contributed by atoms with Crippen LogP contribution < -0.4 is 10.6 Å². The first-order valence-electron chi connectivity index (χ1n) is 8.36. The van der Waals surface area contributed by atoms with E-state index in [2.05, 4.69) is 15.7 Å². The topological polar surface area (TPSA) is 79.3 Å². The second-order valence-corrected chi connectivity index (χ2v) is 5.71. The average Bonchev–Trinajstić information content (AvgIpc) is 3.03. The highest BCUT2D eigenvalue weighted by atomic mass is 35.5. The molecule has 8 heteroatoms. The molecule has 2 aromatic rings. The number of carbonyl (C=O) groups excluding carboxylic acids is 2. The summed E-state index contributed by atoms with van der Waals surface area (Å²) in [6, 6.07) is 6.45. The van der Waals surface area contributed by atoms with Crippen LogP contribution in [0.15, 0.2) is 36.7 Å². The molecule has 2 N–H and O–H groups in total. The Labute approximate surface area is 160 Å². The van der Waals surface area contributed by atoms with Crippen LogP contribution in [0.1, 0.15) is 35.8 Å². The van der Waals surface area contributed by atoms with E-state index < -0.39 is 6.04 Å². The van der Waals surface area contributed by atoms with Gasteiger partial charge in [-0.25, -0.2) is 0 Å². The number of nitrogens with one attached hydrogen (secondary N) is 2.